The van der Waals surface area contributed by atoms with Gasteiger partial charge in [0.05, 0.1) is 0 Å². The van der Waals surface area contributed by atoms with Crippen LogP contribution in [0.1, 0.15) is 45.7 Å². The molecule has 1 aromatic heterocycles. The number of guanidine groups is 1. The molecule has 1 heterocycles. The number of hydrogen-bond donors (Lipinski definition) is 2. The fourth-order valence-electron chi connectivity index (χ4n) is 2.26. The van der Waals surface area contributed by atoms with Gasteiger partial charge in [0.25, 0.3) is 0 Å². The Hall–Kier alpha value is -0.850. The lowest BCUT2D eigenvalue weighted by Crippen LogP contribution is -2.35. The molecule has 0 saturated heterocycles. The third-order valence-electron chi connectivity index (χ3n) is 4.25. The van der Waals surface area contributed by atoms with Gasteiger partial charge in [0.2, 0.25) is 0 Å². The first-order valence-corrected chi connectivity index (χ1v) is 7.59. The summed E-state index contributed by atoms with van der Waals surface area (Å²) in [5.41, 5.74) is 7.29. The van der Waals surface area contributed by atoms with Crippen LogP contribution in [0.3, 0.4) is 0 Å². The highest BCUT2D eigenvalue weighted by Gasteiger charge is 2.23. The van der Waals surface area contributed by atoms with E-state index in [1.54, 1.807) is 0 Å². The van der Waals surface area contributed by atoms with Crippen LogP contribution in [0.15, 0.2) is 29.4 Å². The zero-order valence-corrected chi connectivity index (χ0v) is 15.8. The molecule has 120 valence electrons. The molecule has 0 atom stereocenters. The van der Waals surface area contributed by atoms with Crippen LogP contribution in [-0.4, -0.2) is 24.0 Å². The quantitative estimate of drug-likeness (QED) is 0.397. The van der Waals surface area contributed by atoms with Crippen LogP contribution in [0.4, 0.5) is 0 Å². The number of pyridine rings is 1. The molecule has 0 unspecified atom stereocenters. The Morgan fingerprint density at radius 2 is 1.90 bits per heavy atom. The van der Waals surface area contributed by atoms with Gasteiger partial charge in [-0.2, -0.15) is 0 Å². The Balaban J connectivity index is 0.00000400. The van der Waals surface area contributed by atoms with Gasteiger partial charge in [0.15, 0.2) is 5.96 Å². The number of nitrogens with zero attached hydrogens (tertiary/aromatic N) is 2. The summed E-state index contributed by atoms with van der Waals surface area (Å²) in [5, 5.41) is 3.16. The van der Waals surface area contributed by atoms with Crippen molar-refractivity contribution < 1.29 is 0 Å². The van der Waals surface area contributed by atoms with Crippen LogP contribution in [0.2, 0.25) is 0 Å². The minimum Gasteiger partial charge on any atom is -0.370 e. The summed E-state index contributed by atoms with van der Waals surface area (Å²) in [6.07, 6.45) is 6.10. The molecule has 0 amide bonds. The molecule has 0 bridgehead atoms. The lowest BCUT2D eigenvalue weighted by Gasteiger charge is -2.28. The number of hydrogen-bond acceptors (Lipinski definition) is 2. The molecule has 1 aromatic rings. The van der Waals surface area contributed by atoms with Crippen LogP contribution in [-0.2, 0) is 6.42 Å². The molecule has 21 heavy (non-hydrogen) atoms. The number of aliphatic imine (C=N–C) groups is 1. The summed E-state index contributed by atoms with van der Waals surface area (Å²) in [5.74, 6) is 0.542. The van der Waals surface area contributed by atoms with E-state index in [-0.39, 0.29) is 24.0 Å². The van der Waals surface area contributed by atoms with Gasteiger partial charge in [0, 0.05) is 31.4 Å². The normalized spacial score (nSPS) is 11.9. The summed E-state index contributed by atoms with van der Waals surface area (Å²) in [6, 6.07) is 5.94. The Morgan fingerprint density at radius 3 is 2.43 bits per heavy atom. The molecule has 0 aliphatic carbocycles. The zero-order chi connectivity index (χ0) is 14.8. The SMILES string of the molecule is CCC(CC)(CC)CN=C(N)NCCc1ccccn1.I. The molecule has 0 radical (unpaired) electrons. The Labute approximate surface area is 146 Å². The van der Waals surface area contributed by atoms with E-state index in [0.717, 1.165) is 44.5 Å². The highest BCUT2D eigenvalue weighted by atomic mass is 127. The second-order valence-corrected chi connectivity index (χ2v) is 5.26. The van der Waals surface area contributed by atoms with Crippen LogP contribution in [0, 0.1) is 5.41 Å². The monoisotopic (exact) mass is 404 g/mol. The highest BCUT2D eigenvalue weighted by Crippen LogP contribution is 2.30. The van der Waals surface area contributed by atoms with Gasteiger partial charge < -0.3 is 11.1 Å². The van der Waals surface area contributed by atoms with Gasteiger partial charge in [0.1, 0.15) is 0 Å². The van der Waals surface area contributed by atoms with Crippen molar-refractivity contribution in [3.05, 3.63) is 30.1 Å². The van der Waals surface area contributed by atoms with E-state index in [9.17, 15) is 0 Å². The third-order valence-corrected chi connectivity index (χ3v) is 4.25. The summed E-state index contributed by atoms with van der Waals surface area (Å²) in [4.78, 5) is 8.78. The third kappa shape index (κ3) is 7.11. The molecule has 0 fully saturated rings. The van der Waals surface area contributed by atoms with Crippen molar-refractivity contribution in [3.63, 3.8) is 0 Å². The van der Waals surface area contributed by atoms with E-state index in [1.165, 1.54) is 0 Å². The first kappa shape index (κ1) is 20.1. The van der Waals surface area contributed by atoms with Crippen LogP contribution >= 0.6 is 24.0 Å². The first-order chi connectivity index (χ1) is 9.65. The average molecular weight is 404 g/mol. The maximum atomic E-state index is 5.93. The molecule has 3 N–H and O–H groups in total. The average Bonchev–Trinajstić information content (AvgIpc) is 2.50. The number of halogens is 1. The van der Waals surface area contributed by atoms with Crippen molar-refractivity contribution in [2.24, 2.45) is 16.1 Å². The minimum absolute atomic E-state index is 0. The van der Waals surface area contributed by atoms with Crippen molar-refractivity contribution in [1.82, 2.24) is 10.3 Å². The zero-order valence-electron chi connectivity index (χ0n) is 13.4. The molecule has 5 heteroatoms. The van der Waals surface area contributed by atoms with E-state index >= 15 is 0 Å². The molecule has 0 aromatic carbocycles. The van der Waals surface area contributed by atoms with E-state index in [0.29, 0.717) is 11.4 Å². The molecule has 1 rings (SSSR count). The molecule has 0 aliphatic rings. The largest absolute Gasteiger partial charge is 0.370 e. The number of nitrogens with two attached hydrogens (primary N) is 1. The van der Waals surface area contributed by atoms with Gasteiger partial charge in [-0.15, -0.1) is 24.0 Å². The van der Waals surface area contributed by atoms with Gasteiger partial charge in [-0.3, -0.25) is 9.98 Å². The predicted molar refractivity (Wildman–Crippen MR) is 101 cm³/mol. The van der Waals surface area contributed by atoms with Crippen LogP contribution in [0.5, 0.6) is 0 Å². The van der Waals surface area contributed by atoms with Crippen molar-refractivity contribution >= 4 is 29.9 Å². The number of aromatic nitrogens is 1. The van der Waals surface area contributed by atoms with Gasteiger partial charge in [-0.05, 0) is 36.8 Å². The number of nitrogens with one attached hydrogen (secondary N) is 1. The maximum absolute atomic E-state index is 5.93. The van der Waals surface area contributed by atoms with Crippen LogP contribution in [0.25, 0.3) is 0 Å². The van der Waals surface area contributed by atoms with Crippen molar-refractivity contribution in [2.75, 3.05) is 13.1 Å². The van der Waals surface area contributed by atoms with Crippen molar-refractivity contribution in [1.29, 1.82) is 0 Å². The molecule has 4 nitrogen and oxygen atoms in total. The highest BCUT2D eigenvalue weighted by molar-refractivity contribution is 14.0. The fourth-order valence-corrected chi connectivity index (χ4v) is 2.26. The summed E-state index contributed by atoms with van der Waals surface area (Å²) >= 11 is 0. The molecule has 0 spiro atoms. The summed E-state index contributed by atoms with van der Waals surface area (Å²) in [7, 11) is 0. The second kappa shape index (κ2) is 10.8. The first-order valence-electron chi connectivity index (χ1n) is 7.59. The van der Waals surface area contributed by atoms with E-state index in [4.69, 9.17) is 5.73 Å². The van der Waals surface area contributed by atoms with Gasteiger partial charge in [-0.25, -0.2) is 0 Å². The van der Waals surface area contributed by atoms with E-state index in [2.05, 4.69) is 36.1 Å². The van der Waals surface area contributed by atoms with E-state index in [1.807, 2.05) is 24.4 Å². The van der Waals surface area contributed by atoms with Crippen molar-refractivity contribution in [3.8, 4) is 0 Å². The lowest BCUT2D eigenvalue weighted by atomic mass is 9.80. The molecule has 0 aliphatic heterocycles. The summed E-state index contributed by atoms with van der Waals surface area (Å²) < 4.78 is 0. The molecular weight excluding hydrogens is 375 g/mol. The molecule has 0 saturated carbocycles. The maximum Gasteiger partial charge on any atom is 0.188 e. The standard InChI is InChI=1S/C16H28N4.HI/c1-4-16(5-2,6-3)13-20-15(17)19-12-10-14-9-7-8-11-18-14;/h7-9,11H,4-6,10,12-13H2,1-3H3,(H3,17,19,20);1H. The van der Waals surface area contributed by atoms with E-state index < -0.39 is 0 Å². The lowest BCUT2D eigenvalue weighted by molar-refractivity contribution is 0.263. The smallest absolute Gasteiger partial charge is 0.188 e. The Morgan fingerprint density at radius 1 is 1.24 bits per heavy atom. The number of rotatable bonds is 8. The fraction of sp³-hybridized carbons (Fsp3) is 0.625. The second-order valence-electron chi connectivity index (χ2n) is 5.26. The predicted octanol–water partition coefficient (Wildman–Crippen LogP) is 3.36. The van der Waals surface area contributed by atoms with Gasteiger partial charge in [-0.1, -0.05) is 26.8 Å². The Bertz CT molecular complexity index is 394. The van der Waals surface area contributed by atoms with Crippen molar-refractivity contribution in [2.45, 2.75) is 46.5 Å². The Kier molecular flexibility index (Phi) is 10.4. The molecular formula is C16H29IN4. The topological polar surface area (TPSA) is 63.3 Å². The summed E-state index contributed by atoms with van der Waals surface area (Å²) in [6.45, 7) is 8.26. The van der Waals surface area contributed by atoms with Gasteiger partial charge >= 0.3 is 0 Å². The minimum atomic E-state index is 0. The van der Waals surface area contributed by atoms with Crippen LogP contribution < -0.4 is 11.1 Å².